The Bertz CT molecular complexity index is 1810. The van der Waals surface area contributed by atoms with Crippen molar-refractivity contribution in [2.45, 2.75) is 341 Å². The summed E-state index contributed by atoms with van der Waals surface area (Å²) in [6.45, 7) is 6.90. The van der Waals surface area contributed by atoms with E-state index in [1.807, 2.05) is 33.3 Å². The quantitative estimate of drug-likeness (QED) is 0.0205. The zero-order valence-electron chi connectivity index (χ0n) is 57.7. The predicted molar refractivity (Wildman–Crippen MR) is 378 cm³/mol. The topological polar surface area (TPSA) is 111 Å². The van der Waals surface area contributed by atoms with Crippen LogP contribution >= 0.6 is 7.82 Å². The van der Waals surface area contributed by atoms with Crippen LogP contribution in [0.4, 0.5) is 0 Å². The molecule has 0 bridgehead atoms. The number of carbonyl (C=O) groups excluding carboxylic acids is 2. The highest BCUT2D eigenvalue weighted by Gasteiger charge is 2.30. The van der Waals surface area contributed by atoms with Gasteiger partial charge in [-0.15, -0.1) is 0 Å². The van der Waals surface area contributed by atoms with E-state index in [-0.39, 0.29) is 31.5 Å². The standard InChI is InChI=1S/C77H139N2O7P/c1-7-10-13-16-19-22-25-28-30-32-34-36-38-39-41-42-44-46-48-51-54-57-60-63-66-69-76(80)78-74(73-85-87(82,83)84-72-71-79(4,5)6)75(68-65-62-59-56-53-50-27-24-21-18-15-12-9-3)86-77(81)70-67-64-61-58-55-52-49-47-45-43-40-37-35-33-31-29-26-23-20-17-14-11-8-2/h10,13,19-20,22-23,28-31,34,36,39,41,65,68,74-75H,7-9,11-12,14-18,21,24-27,32-33,35,37-38,40,42-64,66-67,69-73H2,1-6H3,(H-,78,80,82,83)/p+1/b13-10-,22-19-,23-20-,30-28-,31-29-,36-34-,41-39-,68-65+. The molecule has 0 aliphatic heterocycles. The summed E-state index contributed by atoms with van der Waals surface area (Å²) < 4.78 is 30.9. The fourth-order valence-electron chi connectivity index (χ4n) is 10.4. The van der Waals surface area contributed by atoms with E-state index in [1.54, 1.807) is 0 Å². The number of phosphoric ester groups is 1. The van der Waals surface area contributed by atoms with Crippen LogP contribution in [0.3, 0.4) is 0 Å². The fraction of sp³-hybridized carbons (Fsp3) is 0.766. The van der Waals surface area contributed by atoms with Crippen molar-refractivity contribution >= 4 is 19.7 Å². The molecule has 9 nitrogen and oxygen atoms in total. The third-order valence-electron chi connectivity index (χ3n) is 16.0. The molecule has 0 saturated heterocycles. The van der Waals surface area contributed by atoms with Crippen molar-refractivity contribution in [3.63, 3.8) is 0 Å². The van der Waals surface area contributed by atoms with Crippen LogP contribution in [0.25, 0.3) is 0 Å². The molecule has 0 aliphatic carbocycles. The Labute approximate surface area is 538 Å². The first-order valence-electron chi connectivity index (χ1n) is 36.6. The van der Waals surface area contributed by atoms with E-state index in [0.29, 0.717) is 17.4 Å². The molecule has 0 radical (unpaired) electrons. The molecule has 0 spiro atoms. The van der Waals surface area contributed by atoms with Crippen molar-refractivity contribution in [1.82, 2.24) is 5.32 Å². The van der Waals surface area contributed by atoms with E-state index in [1.165, 1.54) is 186 Å². The molecule has 0 saturated carbocycles. The van der Waals surface area contributed by atoms with Crippen molar-refractivity contribution in [3.05, 3.63) is 97.2 Å². The van der Waals surface area contributed by atoms with Crippen molar-refractivity contribution in [2.24, 2.45) is 0 Å². The molecule has 0 aromatic rings. The van der Waals surface area contributed by atoms with Crippen LogP contribution in [-0.2, 0) is 27.9 Å². The van der Waals surface area contributed by atoms with Crippen molar-refractivity contribution in [1.29, 1.82) is 0 Å². The number of allylic oxidation sites excluding steroid dienone is 15. The first-order chi connectivity index (χ1) is 42.4. The zero-order chi connectivity index (χ0) is 63.5. The number of phosphoric acid groups is 1. The summed E-state index contributed by atoms with van der Waals surface area (Å²) in [5.74, 6) is -0.506. The van der Waals surface area contributed by atoms with Gasteiger partial charge in [-0.1, -0.05) is 305 Å². The summed E-state index contributed by atoms with van der Waals surface area (Å²) in [7, 11) is 1.49. The van der Waals surface area contributed by atoms with Crippen LogP contribution in [0.1, 0.15) is 329 Å². The molecule has 504 valence electrons. The lowest BCUT2D eigenvalue weighted by atomic mass is 10.0. The lowest BCUT2D eigenvalue weighted by Crippen LogP contribution is -2.47. The number of nitrogens with one attached hydrogen (secondary N) is 1. The molecule has 3 unspecified atom stereocenters. The first kappa shape index (κ1) is 83.9. The van der Waals surface area contributed by atoms with Crippen LogP contribution in [0.15, 0.2) is 97.2 Å². The maximum absolute atomic E-state index is 13.6. The molecule has 0 aliphatic rings. The average Bonchev–Trinajstić information content (AvgIpc) is 3.70. The number of nitrogens with zero attached hydrogens (tertiary/aromatic N) is 1. The molecule has 0 rings (SSSR count). The highest BCUT2D eigenvalue weighted by Crippen LogP contribution is 2.43. The largest absolute Gasteiger partial charge is 0.472 e. The molecular weight excluding hydrogens is 1100 g/mol. The third-order valence-corrected chi connectivity index (χ3v) is 17.0. The lowest BCUT2D eigenvalue weighted by Gasteiger charge is -2.27. The van der Waals surface area contributed by atoms with Gasteiger partial charge in [0, 0.05) is 12.8 Å². The normalized spacial score (nSPS) is 14.1. The fourth-order valence-corrected chi connectivity index (χ4v) is 11.1. The van der Waals surface area contributed by atoms with Crippen molar-refractivity contribution in [2.75, 3.05) is 40.9 Å². The smallest absolute Gasteiger partial charge is 0.456 e. The highest BCUT2D eigenvalue weighted by atomic mass is 31.2. The second kappa shape index (κ2) is 65.9. The molecule has 10 heteroatoms. The van der Waals surface area contributed by atoms with Gasteiger partial charge in [-0.2, -0.15) is 0 Å². The maximum atomic E-state index is 13.6. The van der Waals surface area contributed by atoms with Gasteiger partial charge >= 0.3 is 13.8 Å². The zero-order valence-corrected chi connectivity index (χ0v) is 58.6. The second-order valence-corrected chi connectivity index (χ2v) is 27.2. The Morgan fingerprint density at radius 2 is 0.736 bits per heavy atom. The Morgan fingerprint density at radius 1 is 0.414 bits per heavy atom. The van der Waals surface area contributed by atoms with Gasteiger partial charge in [-0.3, -0.25) is 18.6 Å². The third kappa shape index (κ3) is 67.2. The molecule has 0 aromatic heterocycles. The summed E-state index contributed by atoms with van der Waals surface area (Å²) in [4.78, 5) is 38.0. The number of carbonyl (C=O) groups is 2. The molecule has 2 N–H and O–H groups in total. The highest BCUT2D eigenvalue weighted by molar-refractivity contribution is 7.47. The molecule has 0 heterocycles. The number of unbranched alkanes of at least 4 members (excludes halogenated alkanes) is 36. The summed E-state index contributed by atoms with van der Waals surface area (Å²) in [6, 6.07) is -0.858. The van der Waals surface area contributed by atoms with Crippen LogP contribution in [-0.4, -0.2) is 74.3 Å². The van der Waals surface area contributed by atoms with Crippen LogP contribution in [0, 0.1) is 0 Å². The van der Waals surface area contributed by atoms with Gasteiger partial charge in [-0.05, 0) is 109 Å². The monoisotopic (exact) mass is 1240 g/mol. The average molecular weight is 1240 g/mol. The number of likely N-dealkylation sites (N-methyl/N-ethyl adjacent to an activating group) is 1. The minimum Gasteiger partial charge on any atom is -0.456 e. The summed E-state index contributed by atoms with van der Waals surface area (Å²) in [5, 5.41) is 3.07. The van der Waals surface area contributed by atoms with Crippen molar-refractivity contribution < 1.29 is 37.3 Å². The summed E-state index contributed by atoms with van der Waals surface area (Å²) >= 11 is 0. The summed E-state index contributed by atoms with van der Waals surface area (Å²) in [6.07, 6.45) is 89.9. The molecule has 0 fully saturated rings. The lowest BCUT2D eigenvalue weighted by molar-refractivity contribution is -0.870. The van der Waals surface area contributed by atoms with Gasteiger partial charge in [0.1, 0.15) is 19.3 Å². The second-order valence-electron chi connectivity index (χ2n) is 25.7. The first-order valence-corrected chi connectivity index (χ1v) is 38.1. The van der Waals surface area contributed by atoms with Gasteiger partial charge in [0.2, 0.25) is 5.91 Å². The van der Waals surface area contributed by atoms with Crippen LogP contribution < -0.4 is 5.32 Å². The van der Waals surface area contributed by atoms with Gasteiger partial charge in [0.25, 0.3) is 0 Å². The Balaban J connectivity index is 5.09. The van der Waals surface area contributed by atoms with Gasteiger partial charge < -0.3 is 19.4 Å². The van der Waals surface area contributed by atoms with E-state index >= 15 is 0 Å². The van der Waals surface area contributed by atoms with E-state index in [9.17, 15) is 19.0 Å². The van der Waals surface area contributed by atoms with Gasteiger partial charge in [-0.25, -0.2) is 4.57 Å². The van der Waals surface area contributed by atoms with E-state index in [2.05, 4.69) is 111 Å². The number of hydrogen-bond donors (Lipinski definition) is 2. The molecule has 3 atom stereocenters. The van der Waals surface area contributed by atoms with E-state index in [4.69, 9.17) is 13.8 Å². The van der Waals surface area contributed by atoms with Gasteiger partial charge in [0.15, 0.2) is 0 Å². The van der Waals surface area contributed by atoms with E-state index < -0.39 is 20.0 Å². The number of amides is 1. The molecule has 1 amide bonds. The van der Waals surface area contributed by atoms with Crippen molar-refractivity contribution in [3.8, 4) is 0 Å². The van der Waals surface area contributed by atoms with Crippen LogP contribution in [0.2, 0.25) is 0 Å². The maximum Gasteiger partial charge on any atom is 0.472 e. The Hall–Kier alpha value is -3.07. The van der Waals surface area contributed by atoms with E-state index in [0.717, 1.165) is 109 Å². The predicted octanol–water partition coefficient (Wildman–Crippen LogP) is 23.5. The molecular formula is C77H140N2O7P+. The Morgan fingerprint density at radius 3 is 1.13 bits per heavy atom. The summed E-state index contributed by atoms with van der Waals surface area (Å²) in [5.41, 5.74) is 0. The minimum absolute atomic E-state index is 0.0359. The number of esters is 1. The number of rotatable bonds is 66. The Kier molecular flexibility index (Phi) is 63.5. The molecule has 87 heavy (non-hydrogen) atoms. The van der Waals surface area contributed by atoms with Gasteiger partial charge in [0.05, 0.1) is 33.8 Å². The molecule has 0 aromatic carbocycles. The SMILES string of the molecule is CC/C=C\C/C=C\C/C=C\C/C=C\C/C=C\CCCCCCCCCCCC(=O)NC(COP(=O)(O)OCC[N+](C)(C)C)C(/C=C/CCCCCCCCCCCCC)OC(=O)CCCCCCCCCCCCCCC/C=C\C/C=C\CCCCC. The number of ether oxygens (including phenoxy) is 1. The number of quaternary nitrogens is 1. The minimum atomic E-state index is -4.46. The number of hydrogen-bond acceptors (Lipinski definition) is 6. The van der Waals surface area contributed by atoms with Crippen LogP contribution in [0.5, 0.6) is 0 Å².